The lowest BCUT2D eigenvalue weighted by Crippen LogP contribution is -2.49. The highest BCUT2D eigenvalue weighted by Crippen LogP contribution is 2.15. The Morgan fingerprint density at radius 3 is 2.96 bits per heavy atom. The first kappa shape index (κ1) is 16.7. The van der Waals surface area contributed by atoms with E-state index in [0.717, 1.165) is 26.0 Å². The lowest BCUT2D eigenvalue weighted by molar-refractivity contribution is 0.105. The van der Waals surface area contributed by atoms with Gasteiger partial charge in [-0.3, -0.25) is 0 Å². The first-order valence-corrected chi connectivity index (χ1v) is 8.48. The van der Waals surface area contributed by atoms with E-state index in [1.807, 2.05) is 11.8 Å². The highest BCUT2D eigenvalue weighted by molar-refractivity contribution is 5.68. The number of carbonyl (C=O) groups excluding carboxylic acids is 1. The average Bonchev–Trinajstić information content (AvgIpc) is 3.14. The molecule has 2 fully saturated rings. The van der Waals surface area contributed by atoms with Gasteiger partial charge < -0.3 is 24.6 Å². The van der Waals surface area contributed by atoms with Crippen LogP contribution in [0.2, 0.25) is 0 Å². The number of hydrogen-bond donors (Lipinski definition) is 1. The van der Waals surface area contributed by atoms with E-state index in [1.54, 1.807) is 11.1 Å². The summed E-state index contributed by atoms with van der Waals surface area (Å²) in [4.78, 5) is 20.0. The van der Waals surface area contributed by atoms with Crippen LogP contribution in [0.3, 0.4) is 0 Å². The van der Waals surface area contributed by atoms with E-state index in [4.69, 9.17) is 9.47 Å². The number of rotatable bonds is 5. The normalized spacial score (nSPS) is 21.0. The standard InChI is InChI=1S/C15H24N6O3/c1-2-23-15(22)21-7-5-20(6-8-21)14-18-13(11-17-19-14)16-10-12-4-3-9-24-12/h11-12H,2-10H2,1H3,(H,16,18,19). The molecule has 24 heavy (non-hydrogen) atoms. The molecule has 2 aliphatic rings. The molecule has 0 bridgehead atoms. The summed E-state index contributed by atoms with van der Waals surface area (Å²) in [7, 11) is 0. The van der Waals surface area contributed by atoms with Crippen LogP contribution in [0.4, 0.5) is 16.6 Å². The molecule has 0 aliphatic carbocycles. The van der Waals surface area contributed by atoms with E-state index in [0.29, 0.717) is 44.6 Å². The molecule has 0 radical (unpaired) electrons. The first-order valence-electron chi connectivity index (χ1n) is 8.48. The van der Waals surface area contributed by atoms with E-state index in [2.05, 4.69) is 20.5 Å². The third-order valence-corrected chi connectivity index (χ3v) is 4.17. The van der Waals surface area contributed by atoms with Crippen LogP contribution in [-0.2, 0) is 9.47 Å². The number of piperazine rings is 1. The van der Waals surface area contributed by atoms with Gasteiger partial charge in [0.1, 0.15) is 0 Å². The Balaban J connectivity index is 1.52. The summed E-state index contributed by atoms with van der Waals surface area (Å²) in [5.74, 6) is 1.28. The van der Waals surface area contributed by atoms with E-state index in [-0.39, 0.29) is 12.2 Å². The average molecular weight is 336 g/mol. The summed E-state index contributed by atoms with van der Waals surface area (Å²) in [6, 6.07) is 0. The molecule has 2 aliphatic heterocycles. The van der Waals surface area contributed by atoms with Gasteiger partial charge in [-0.1, -0.05) is 0 Å². The molecule has 132 valence electrons. The van der Waals surface area contributed by atoms with Crippen molar-refractivity contribution in [2.24, 2.45) is 0 Å². The van der Waals surface area contributed by atoms with Crippen molar-refractivity contribution in [1.82, 2.24) is 20.1 Å². The largest absolute Gasteiger partial charge is 0.450 e. The van der Waals surface area contributed by atoms with Crippen molar-refractivity contribution in [3.8, 4) is 0 Å². The molecule has 1 aromatic rings. The zero-order valence-corrected chi connectivity index (χ0v) is 14.0. The van der Waals surface area contributed by atoms with Crippen molar-refractivity contribution in [3.63, 3.8) is 0 Å². The molecule has 3 rings (SSSR count). The second-order valence-corrected chi connectivity index (χ2v) is 5.83. The number of amides is 1. The first-order chi connectivity index (χ1) is 11.8. The molecule has 3 heterocycles. The quantitative estimate of drug-likeness (QED) is 0.842. The number of nitrogens with one attached hydrogen (secondary N) is 1. The number of carbonyl (C=O) groups is 1. The summed E-state index contributed by atoms with van der Waals surface area (Å²) >= 11 is 0. The number of hydrogen-bond acceptors (Lipinski definition) is 8. The zero-order valence-electron chi connectivity index (χ0n) is 14.0. The van der Waals surface area contributed by atoms with Gasteiger partial charge in [0.05, 0.1) is 18.9 Å². The molecule has 9 nitrogen and oxygen atoms in total. The second kappa shape index (κ2) is 8.09. The van der Waals surface area contributed by atoms with Crippen molar-refractivity contribution in [3.05, 3.63) is 6.20 Å². The Morgan fingerprint density at radius 2 is 2.25 bits per heavy atom. The van der Waals surface area contributed by atoms with Crippen LogP contribution in [0.25, 0.3) is 0 Å². The van der Waals surface area contributed by atoms with Gasteiger partial charge in [0.25, 0.3) is 0 Å². The molecule has 0 aromatic carbocycles. The van der Waals surface area contributed by atoms with Crippen LogP contribution in [0.15, 0.2) is 6.20 Å². The van der Waals surface area contributed by atoms with E-state index >= 15 is 0 Å². The third-order valence-electron chi connectivity index (χ3n) is 4.17. The number of nitrogens with zero attached hydrogens (tertiary/aromatic N) is 5. The van der Waals surface area contributed by atoms with E-state index < -0.39 is 0 Å². The van der Waals surface area contributed by atoms with Gasteiger partial charge >= 0.3 is 6.09 Å². The third kappa shape index (κ3) is 4.22. The smallest absolute Gasteiger partial charge is 0.409 e. The van der Waals surface area contributed by atoms with Crippen LogP contribution >= 0.6 is 0 Å². The van der Waals surface area contributed by atoms with Crippen LogP contribution in [0, 0.1) is 0 Å². The number of anilines is 2. The van der Waals surface area contributed by atoms with Gasteiger partial charge in [0.2, 0.25) is 5.95 Å². The van der Waals surface area contributed by atoms with Gasteiger partial charge in [-0.05, 0) is 19.8 Å². The zero-order chi connectivity index (χ0) is 16.8. The maximum atomic E-state index is 11.7. The maximum Gasteiger partial charge on any atom is 0.409 e. The Kier molecular flexibility index (Phi) is 5.63. The predicted molar refractivity (Wildman–Crippen MR) is 88.1 cm³/mol. The van der Waals surface area contributed by atoms with Gasteiger partial charge in [0.15, 0.2) is 5.82 Å². The van der Waals surface area contributed by atoms with Crippen molar-refractivity contribution in [2.45, 2.75) is 25.9 Å². The summed E-state index contributed by atoms with van der Waals surface area (Å²) < 4.78 is 10.6. The fourth-order valence-corrected chi connectivity index (χ4v) is 2.84. The summed E-state index contributed by atoms with van der Waals surface area (Å²) in [6.45, 7) is 6.28. The molecule has 1 N–H and O–H groups in total. The summed E-state index contributed by atoms with van der Waals surface area (Å²) in [6.07, 6.45) is 3.80. The van der Waals surface area contributed by atoms with Crippen molar-refractivity contribution in [2.75, 3.05) is 56.2 Å². The monoisotopic (exact) mass is 336 g/mol. The van der Waals surface area contributed by atoms with E-state index in [9.17, 15) is 4.79 Å². The fraction of sp³-hybridized carbons (Fsp3) is 0.733. The van der Waals surface area contributed by atoms with Crippen LogP contribution in [0.5, 0.6) is 0 Å². The number of ether oxygens (including phenoxy) is 2. The minimum absolute atomic E-state index is 0.247. The van der Waals surface area contributed by atoms with Crippen LogP contribution in [0.1, 0.15) is 19.8 Å². The molecule has 0 spiro atoms. The number of aromatic nitrogens is 3. The minimum Gasteiger partial charge on any atom is -0.450 e. The van der Waals surface area contributed by atoms with Crippen molar-refractivity contribution < 1.29 is 14.3 Å². The molecule has 1 amide bonds. The van der Waals surface area contributed by atoms with Crippen molar-refractivity contribution >= 4 is 17.9 Å². The molecule has 0 saturated carbocycles. The topological polar surface area (TPSA) is 92.7 Å². The maximum absolute atomic E-state index is 11.7. The van der Waals surface area contributed by atoms with Gasteiger partial charge in [-0.15, -0.1) is 5.10 Å². The van der Waals surface area contributed by atoms with Crippen molar-refractivity contribution in [1.29, 1.82) is 0 Å². The molecular weight excluding hydrogens is 312 g/mol. The van der Waals surface area contributed by atoms with Gasteiger partial charge in [-0.25, -0.2) is 4.79 Å². The SMILES string of the molecule is CCOC(=O)N1CCN(c2nncc(NCC3CCCO3)n2)CC1. The second-order valence-electron chi connectivity index (χ2n) is 5.83. The highest BCUT2D eigenvalue weighted by Gasteiger charge is 2.24. The predicted octanol–water partition coefficient (Wildman–Crippen LogP) is 0.741. The summed E-state index contributed by atoms with van der Waals surface area (Å²) in [5, 5.41) is 11.4. The van der Waals surface area contributed by atoms with Crippen LogP contribution < -0.4 is 10.2 Å². The summed E-state index contributed by atoms with van der Waals surface area (Å²) in [5.41, 5.74) is 0. The Labute approximate surface area is 141 Å². The Morgan fingerprint density at radius 1 is 1.42 bits per heavy atom. The fourth-order valence-electron chi connectivity index (χ4n) is 2.84. The lowest BCUT2D eigenvalue weighted by Gasteiger charge is -2.33. The molecular formula is C15H24N6O3. The Bertz CT molecular complexity index is 544. The van der Waals surface area contributed by atoms with Gasteiger partial charge in [-0.2, -0.15) is 10.1 Å². The molecule has 1 atom stereocenters. The molecule has 9 heteroatoms. The molecule has 1 aromatic heterocycles. The molecule has 1 unspecified atom stereocenters. The lowest BCUT2D eigenvalue weighted by atomic mass is 10.2. The van der Waals surface area contributed by atoms with Crippen LogP contribution in [-0.4, -0.2) is 78.2 Å². The van der Waals surface area contributed by atoms with E-state index in [1.165, 1.54) is 0 Å². The molecule has 2 saturated heterocycles. The Hall–Kier alpha value is -2.16. The highest BCUT2D eigenvalue weighted by atomic mass is 16.6. The van der Waals surface area contributed by atoms with Gasteiger partial charge in [0, 0.05) is 39.3 Å². The minimum atomic E-state index is -0.261.